The predicted octanol–water partition coefficient (Wildman–Crippen LogP) is 4.17. The molecule has 0 aliphatic carbocycles. The molecule has 0 saturated carbocycles. The van der Waals surface area contributed by atoms with Crippen LogP contribution in [0.5, 0.6) is 0 Å². The van der Waals surface area contributed by atoms with E-state index in [0.717, 1.165) is 16.8 Å². The van der Waals surface area contributed by atoms with Crippen molar-refractivity contribution in [2.45, 2.75) is 19.6 Å². The van der Waals surface area contributed by atoms with Crippen molar-refractivity contribution in [2.75, 3.05) is 5.32 Å². The Kier molecular flexibility index (Phi) is 6.15. The van der Waals surface area contributed by atoms with Crippen molar-refractivity contribution in [3.05, 3.63) is 88.1 Å². The summed E-state index contributed by atoms with van der Waals surface area (Å²) in [5.41, 5.74) is 3.15. The molecule has 0 bridgehead atoms. The largest absolute Gasteiger partial charge is 0.437 e. The highest BCUT2D eigenvalue weighted by Gasteiger charge is 2.39. The fourth-order valence-electron chi connectivity index (χ4n) is 3.62. The first-order valence-electron chi connectivity index (χ1n) is 10.3. The second-order valence-corrected chi connectivity index (χ2v) is 7.77. The number of pyridine rings is 1. The second-order valence-electron chi connectivity index (χ2n) is 7.77. The maximum absolute atomic E-state index is 14.4. The number of nitrogens with zero attached hydrogens (tertiary/aromatic N) is 4. The molecule has 2 amide bonds. The molecule has 0 aliphatic heterocycles. The molecule has 0 spiro atoms. The van der Waals surface area contributed by atoms with Gasteiger partial charge < -0.3 is 11.1 Å². The molecule has 2 aromatic heterocycles. The minimum Gasteiger partial charge on any atom is -0.364 e. The number of hydrogen-bond acceptors (Lipinski definition) is 5. The highest BCUT2D eigenvalue weighted by atomic mass is 19.4. The summed E-state index contributed by atoms with van der Waals surface area (Å²) in [4.78, 5) is 28.9. The first kappa shape index (κ1) is 24.3. The van der Waals surface area contributed by atoms with Gasteiger partial charge >= 0.3 is 6.18 Å². The van der Waals surface area contributed by atoms with Crippen LogP contribution in [0.25, 0.3) is 10.9 Å². The second kappa shape index (κ2) is 9.10. The first-order valence-corrected chi connectivity index (χ1v) is 10.3. The SMILES string of the molecule is Cc1c(NC(=O)c2cc(C(N)=O)nc3ccccc23)c(C(F)(F)F)nn1Cc1ccc(C#N)cc1F. The van der Waals surface area contributed by atoms with E-state index in [1.54, 1.807) is 18.2 Å². The van der Waals surface area contributed by atoms with E-state index in [1.807, 2.05) is 0 Å². The zero-order chi connectivity index (χ0) is 26.2. The van der Waals surface area contributed by atoms with Crippen LogP contribution in [0.4, 0.5) is 23.2 Å². The van der Waals surface area contributed by atoms with Crippen LogP contribution in [0.3, 0.4) is 0 Å². The third kappa shape index (κ3) is 4.58. The van der Waals surface area contributed by atoms with Gasteiger partial charge in [-0.1, -0.05) is 24.3 Å². The molecule has 0 aliphatic rings. The number of anilines is 1. The minimum absolute atomic E-state index is 0.00238. The van der Waals surface area contributed by atoms with Crippen LogP contribution >= 0.6 is 0 Å². The predicted molar refractivity (Wildman–Crippen MR) is 120 cm³/mol. The lowest BCUT2D eigenvalue weighted by Gasteiger charge is -2.11. The molecule has 0 atom stereocenters. The average molecular weight is 496 g/mol. The van der Waals surface area contributed by atoms with Gasteiger partial charge in [-0.05, 0) is 31.2 Å². The number of carbonyl (C=O) groups excluding carboxylic acids is 2. The molecule has 0 radical (unpaired) electrons. The van der Waals surface area contributed by atoms with Crippen molar-refractivity contribution >= 4 is 28.4 Å². The van der Waals surface area contributed by atoms with E-state index < -0.39 is 35.2 Å². The summed E-state index contributed by atoms with van der Waals surface area (Å²) in [6.45, 7) is 0.908. The van der Waals surface area contributed by atoms with Crippen molar-refractivity contribution in [1.29, 1.82) is 5.26 Å². The number of nitrogens with one attached hydrogen (secondary N) is 1. The Bertz CT molecular complexity index is 1570. The van der Waals surface area contributed by atoms with Gasteiger partial charge in [0, 0.05) is 10.9 Å². The van der Waals surface area contributed by atoms with Gasteiger partial charge in [-0.2, -0.15) is 23.5 Å². The van der Waals surface area contributed by atoms with Gasteiger partial charge in [-0.15, -0.1) is 0 Å². The molecule has 8 nitrogen and oxygen atoms in total. The molecular formula is C24H16F4N6O2. The van der Waals surface area contributed by atoms with Crippen LogP contribution in [-0.4, -0.2) is 26.6 Å². The fraction of sp³-hybridized carbons (Fsp3) is 0.125. The number of alkyl halides is 3. The van der Waals surface area contributed by atoms with E-state index in [-0.39, 0.29) is 40.1 Å². The lowest BCUT2D eigenvalue weighted by molar-refractivity contribution is -0.140. The Labute approximate surface area is 201 Å². The Hall–Kier alpha value is -4.79. The van der Waals surface area contributed by atoms with E-state index in [0.29, 0.717) is 5.39 Å². The minimum atomic E-state index is -4.94. The summed E-state index contributed by atoms with van der Waals surface area (Å²) in [6, 6.07) is 12.7. The van der Waals surface area contributed by atoms with Crippen molar-refractivity contribution < 1.29 is 27.2 Å². The van der Waals surface area contributed by atoms with E-state index in [9.17, 15) is 27.2 Å². The Morgan fingerprint density at radius 3 is 2.53 bits per heavy atom. The summed E-state index contributed by atoms with van der Waals surface area (Å²) in [6.07, 6.45) is -4.94. The van der Waals surface area contributed by atoms with Gasteiger partial charge in [0.05, 0.1) is 40.6 Å². The summed E-state index contributed by atoms with van der Waals surface area (Å²) in [5.74, 6) is -2.65. The van der Waals surface area contributed by atoms with Gasteiger partial charge in [0.1, 0.15) is 11.5 Å². The number of primary amides is 1. The first-order chi connectivity index (χ1) is 17.0. The molecule has 182 valence electrons. The van der Waals surface area contributed by atoms with Crippen molar-refractivity contribution in [3.8, 4) is 6.07 Å². The number of fused-ring (bicyclic) bond motifs is 1. The summed E-state index contributed by atoms with van der Waals surface area (Å²) in [7, 11) is 0. The van der Waals surface area contributed by atoms with Gasteiger partial charge in [-0.25, -0.2) is 9.37 Å². The van der Waals surface area contributed by atoms with Crippen LogP contribution in [0.15, 0.2) is 48.5 Å². The number of aromatic nitrogens is 3. The van der Waals surface area contributed by atoms with E-state index in [4.69, 9.17) is 11.0 Å². The number of amides is 2. The fourth-order valence-corrected chi connectivity index (χ4v) is 3.62. The van der Waals surface area contributed by atoms with Crippen molar-refractivity contribution in [3.63, 3.8) is 0 Å². The number of nitriles is 1. The number of hydrogen-bond donors (Lipinski definition) is 2. The number of carbonyl (C=O) groups is 2. The van der Waals surface area contributed by atoms with Gasteiger partial charge in [0.25, 0.3) is 11.8 Å². The molecule has 4 aromatic rings. The van der Waals surface area contributed by atoms with Crippen LogP contribution in [0, 0.1) is 24.1 Å². The molecule has 2 heterocycles. The molecule has 0 unspecified atom stereocenters. The maximum atomic E-state index is 14.4. The molecule has 0 saturated heterocycles. The third-order valence-electron chi connectivity index (χ3n) is 5.43. The molecule has 0 fully saturated rings. The van der Waals surface area contributed by atoms with Crippen LogP contribution < -0.4 is 11.1 Å². The lowest BCUT2D eigenvalue weighted by atomic mass is 10.1. The summed E-state index contributed by atoms with van der Waals surface area (Å²) < 4.78 is 56.7. The summed E-state index contributed by atoms with van der Waals surface area (Å²) >= 11 is 0. The lowest BCUT2D eigenvalue weighted by Crippen LogP contribution is -2.19. The number of halogens is 4. The van der Waals surface area contributed by atoms with Crippen molar-refractivity contribution in [2.24, 2.45) is 5.73 Å². The monoisotopic (exact) mass is 496 g/mol. The Morgan fingerprint density at radius 2 is 1.89 bits per heavy atom. The quantitative estimate of drug-likeness (QED) is 0.401. The molecule has 12 heteroatoms. The number of benzene rings is 2. The smallest absolute Gasteiger partial charge is 0.364 e. The standard InChI is InChI=1S/C24H16F4N6O2/c1-12-20(32-23(36)16-9-19(22(30)35)31-18-5-3-2-4-15(16)18)21(24(26,27)28)33-34(12)11-14-7-6-13(10-29)8-17(14)25/h2-9H,11H2,1H3,(H2,30,35)(H,32,36). The average Bonchev–Trinajstić information content (AvgIpc) is 3.14. The molecule has 36 heavy (non-hydrogen) atoms. The zero-order valence-electron chi connectivity index (χ0n) is 18.5. The molecule has 4 rings (SSSR count). The summed E-state index contributed by atoms with van der Waals surface area (Å²) in [5, 5.41) is 15.0. The Morgan fingerprint density at radius 1 is 1.17 bits per heavy atom. The normalized spacial score (nSPS) is 11.3. The van der Waals surface area contributed by atoms with E-state index in [1.165, 1.54) is 31.2 Å². The number of para-hydroxylation sites is 1. The highest BCUT2D eigenvalue weighted by molar-refractivity contribution is 6.14. The van der Waals surface area contributed by atoms with Gasteiger partial charge in [0.2, 0.25) is 0 Å². The number of nitrogens with two attached hydrogens (primary N) is 1. The van der Waals surface area contributed by atoms with Crippen LogP contribution in [0.1, 0.15) is 43.4 Å². The van der Waals surface area contributed by atoms with E-state index in [2.05, 4.69) is 15.4 Å². The van der Waals surface area contributed by atoms with Gasteiger partial charge in [0.15, 0.2) is 5.69 Å². The highest BCUT2D eigenvalue weighted by Crippen LogP contribution is 2.36. The van der Waals surface area contributed by atoms with E-state index >= 15 is 0 Å². The molecular weight excluding hydrogens is 480 g/mol. The maximum Gasteiger partial charge on any atom is 0.437 e. The molecule has 2 aromatic carbocycles. The zero-order valence-corrected chi connectivity index (χ0v) is 18.5. The van der Waals surface area contributed by atoms with Crippen LogP contribution in [0.2, 0.25) is 0 Å². The number of rotatable bonds is 5. The molecule has 3 N–H and O–H groups in total. The third-order valence-corrected chi connectivity index (χ3v) is 5.43. The van der Waals surface area contributed by atoms with Crippen LogP contribution in [-0.2, 0) is 12.7 Å². The van der Waals surface area contributed by atoms with Crippen molar-refractivity contribution in [1.82, 2.24) is 14.8 Å². The Balaban J connectivity index is 1.77. The topological polar surface area (TPSA) is 127 Å². The van der Waals surface area contributed by atoms with Gasteiger partial charge in [-0.3, -0.25) is 14.3 Å².